The molecule has 0 aliphatic rings. The van der Waals surface area contributed by atoms with Crippen LogP contribution >= 0.6 is 0 Å². The summed E-state index contributed by atoms with van der Waals surface area (Å²) in [5, 5.41) is 31.4. The van der Waals surface area contributed by atoms with Crippen molar-refractivity contribution in [2.45, 2.75) is 110 Å². The lowest BCUT2D eigenvalue weighted by Gasteiger charge is -2.29. The predicted octanol–water partition coefficient (Wildman–Crippen LogP) is 3.89. The van der Waals surface area contributed by atoms with E-state index in [0.717, 1.165) is 17.7 Å². The lowest BCUT2D eigenvalue weighted by Crippen LogP contribution is -2.56. The van der Waals surface area contributed by atoms with Crippen molar-refractivity contribution in [3.05, 3.63) is 65.7 Å². The second-order valence-corrected chi connectivity index (χ2v) is 13.6. The summed E-state index contributed by atoms with van der Waals surface area (Å²) in [7, 11) is 0. The van der Waals surface area contributed by atoms with Gasteiger partial charge in [0.2, 0.25) is 23.6 Å². The van der Waals surface area contributed by atoms with Gasteiger partial charge in [-0.25, -0.2) is 4.79 Å². The van der Waals surface area contributed by atoms with Crippen molar-refractivity contribution in [2.75, 3.05) is 0 Å². The SMILES string of the molecule is CC[C@H](C)[C@H](NC(=O)CC[C@H](O)[C@H](Cc1ccccc1)NC(=O)C(NC(=O)Cc1cccc(OC(F)(F)F)c1)C(C)C)C(=O)NC(C(=O)O)C(C)C. The zero-order valence-electron chi connectivity index (χ0n) is 30.3. The third-order valence-electron chi connectivity index (χ3n) is 8.56. The van der Waals surface area contributed by atoms with Gasteiger partial charge in [-0.2, -0.15) is 0 Å². The van der Waals surface area contributed by atoms with Crippen molar-refractivity contribution in [3.8, 4) is 5.75 Å². The summed E-state index contributed by atoms with van der Waals surface area (Å²) in [4.78, 5) is 64.3. The van der Waals surface area contributed by atoms with Crippen LogP contribution in [0.1, 0.15) is 71.9 Å². The zero-order chi connectivity index (χ0) is 39.2. The van der Waals surface area contributed by atoms with Crippen LogP contribution in [-0.2, 0) is 36.8 Å². The van der Waals surface area contributed by atoms with Gasteiger partial charge < -0.3 is 36.2 Å². The Morgan fingerprint density at radius 1 is 0.750 bits per heavy atom. The first-order chi connectivity index (χ1) is 24.3. The number of alkyl halides is 3. The van der Waals surface area contributed by atoms with Gasteiger partial charge in [0.25, 0.3) is 0 Å². The maximum Gasteiger partial charge on any atom is 0.573 e. The third kappa shape index (κ3) is 14.9. The largest absolute Gasteiger partial charge is 0.573 e. The molecule has 6 atom stereocenters. The van der Waals surface area contributed by atoms with Crippen LogP contribution in [0, 0.1) is 17.8 Å². The van der Waals surface area contributed by atoms with E-state index in [9.17, 15) is 47.4 Å². The normalized spacial score (nSPS) is 15.1. The number of aliphatic carboxylic acids is 1. The van der Waals surface area contributed by atoms with E-state index in [1.165, 1.54) is 12.1 Å². The Hall–Kier alpha value is -4.66. The molecular formula is C37H51F3N4O8. The fourth-order valence-electron chi connectivity index (χ4n) is 5.41. The molecule has 0 aromatic heterocycles. The molecule has 0 aliphatic heterocycles. The Labute approximate surface area is 302 Å². The second-order valence-electron chi connectivity index (χ2n) is 13.6. The molecule has 0 aliphatic carbocycles. The number of carboxylic acids is 1. The molecule has 0 radical (unpaired) electrons. The van der Waals surface area contributed by atoms with Gasteiger partial charge in [0.05, 0.1) is 18.6 Å². The van der Waals surface area contributed by atoms with Crippen LogP contribution in [0.2, 0.25) is 0 Å². The lowest BCUT2D eigenvalue weighted by atomic mass is 9.95. The number of carboxylic acid groups (broad SMARTS) is 1. The minimum absolute atomic E-state index is 0.114. The maximum atomic E-state index is 13.6. The summed E-state index contributed by atoms with van der Waals surface area (Å²) in [6.45, 7) is 10.3. The van der Waals surface area contributed by atoms with E-state index in [-0.39, 0.29) is 37.2 Å². The summed E-state index contributed by atoms with van der Waals surface area (Å²) >= 11 is 0. The number of benzene rings is 2. The van der Waals surface area contributed by atoms with Gasteiger partial charge in [-0.1, -0.05) is 90.4 Å². The van der Waals surface area contributed by atoms with Crippen molar-refractivity contribution < 1.29 is 52.1 Å². The van der Waals surface area contributed by atoms with Crippen LogP contribution in [-0.4, -0.2) is 76.4 Å². The van der Waals surface area contributed by atoms with Crippen LogP contribution in [0.4, 0.5) is 13.2 Å². The van der Waals surface area contributed by atoms with Crippen molar-refractivity contribution in [2.24, 2.45) is 17.8 Å². The second kappa shape index (κ2) is 20.4. The Balaban J connectivity index is 2.16. The summed E-state index contributed by atoms with van der Waals surface area (Å²) < 4.78 is 41.9. The number of ether oxygens (including phenoxy) is 1. The van der Waals surface area contributed by atoms with Gasteiger partial charge in [-0.15, -0.1) is 13.2 Å². The minimum atomic E-state index is -4.90. The molecule has 0 bridgehead atoms. The van der Waals surface area contributed by atoms with Crippen molar-refractivity contribution in [1.82, 2.24) is 21.3 Å². The number of halogens is 3. The Kier molecular flexibility index (Phi) is 17.1. The molecule has 6 N–H and O–H groups in total. The predicted molar refractivity (Wildman–Crippen MR) is 187 cm³/mol. The molecule has 0 saturated heterocycles. The van der Waals surface area contributed by atoms with E-state index in [0.29, 0.717) is 6.42 Å². The molecule has 52 heavy (non-hydrogen) atoms. The average Bonchev–Trinajstić information content (AvgIpc) is 3.05. The minimum Gasteiger partial charge on any atom is -0.480 e. The van der Waals surface area contributed by atoms with Crippen molar-refractivity contribution in [1.29, 1.82) is 0 Å². The van der Waals surface area contributed by atoms with Gasteiger partial charge in [0.1, 0.15) is 23.9 Å². The topological polar surface area (TPSA) is 183 Å². The van der Waals surface area contributed by atoms with Gasteiger partial charge in [0.15, 0.2) is 0 Å². The van der Waals surface area contributed by atoms with E-state index in [4.69, 9.17) is 0 Å². The number of amides is 4. The van der Waals surface area contributed by atoms with Crippen LogP contribution in [0.25, 0.3) is 0 Å². The fourth-order valence-corrected chi connectivity index (χ4v) is 5.41. The van der Waals surface area contributed by atoms with E-state index in [1.807, 2.05) is 6.92 Å². The number of hydrogen-bond donors (Lipinski definition) is 6. The standard InChI is InChI=1S/C37H51F3N4O8/c1-7-23(6)33(35(49)44-32(22(4)5)36(50)51)42-29(46)17-16-28(45)27(19-24-12-9-8-10-13-24)41-34(48)31(21(2)3)43-30(47)20-25-14-11-15-26(18-25)52-37(38,39)40/h8-15,18,21-23,27-28,31-33,45H,7,16-17,19-20H2,1-6H3,(H,41,48)(H,42,46)(H,43,47)(H,44,49)(H,50,51)/t23-,27-,28-,31?,32?,33-/m0/s1. The quantitative estimate of drug-likeness (QED) is 0.118. The lowest BCUT2D eigenvalue weighted by molar-refractivity contribution is -0.274. The highest BCUT2D eigenvalue weighted by Gasteiger charge is 2.33. The van der Waals surface area contributed by atoms with E-state index < -0.39 is 83.8 Å². The number of carbonyl (C=O) groups excluding carboxylic acids is 4. The Morgan fingerprint density at radius 3 is 1.88 bits per heavy atom. The molecule has 2 unspecified atom stereocenters. The number of nitrogens with one attached hydrogen (secondary N) is 4. The Bertz CT molecular complexity index is 1490. The fraction of sp³-hybridized carbons (Fsp3) is 0.541. The molecule has 2 aromatic rings. The molecule has 0 heterocycles. The Morgan fingerprint density at radius 2 is 1.33 bits per heavy atom. The molecule has 288 valence electrons. The number of hydrogen-bond acceptors (Lipinski definition) is 7. The summed E-state index contributed by atoms with van der Waals surface area (Å²) in [5.74, 6) is -5.28. The summed E-state index contributed by atoms with van der Waals surface area (Å²) in [6, 6.07) is 9.76. The third-order valence-corrected chi connectivity index (χ3v) is 8.56. The molecule has 0 saturated carbocycles. The van der Waals surface area contributed by atoms with Gasteiger partial charge in [-0.3, -0.25) is 19.2 Å². The smallest absolute Gasteiger partial charge is 0.480 e. The van der Waals surface area contributed by atoms with Crippen molar-refractivity contribution >= 4 is 29.6 Å². The van der Waals surface area contributed by atoms with Crippen molar-refractivity contribution in [3.63, 3.8) is 0 Å². The molecule has 4 amide bonds. The molecule has 0 spiro atoms. The molecule has 2 rings (SSSR count). The summed E-state index contributed by atoms with van der Waals surface area (Å²) in [6.07, 6.45) is -6.14. The van der Waals surface area contributed by atoms with Crippen LogP contribution in [0.5, 0.6) is 5.75 Å². The monoisotopic (exact) mass is 736 g/mol. The van der Waals surface area contributed by atoms with Gasteiger partial charge in [0, 0.05) is 6.42 Å². The first kappa shape index (κ1) is 43.5. The highest BCUT2D eigenvalue weighted by Crippen LogP contribution is 2.23. The maximum absolute atomic E-state index is 13.6. The summed E-state index contributed by atoms with van der Waals surface area (Å²) in [5.41, 5.74) is 1.00. The van der Waals surface area contributed by atoms with Gasteiger partial charge in [-0.05, 0) is 53.9 Å². The number of carbonyl (C=O) groups is 5. The first-order valence-corrected chi connectivity index (χ1v) is 17.3. The van der Waals surface area contributed by atoms with Crippen LogP contribution in [0.15, 0.2) is 54.6 Å². The van der Waals surface area contributed by atoms with Gasteiger partial charge >= 0.3 is 12.3 Å². The first-order valence-electron chi connectivity index (χ1n) is 17.3. The van der Waals surface area contributed by atoms with Crippen LogP contribution < -0.4 is 26.0 Å². The molecule has 15 heteroatoms. The molecule has 0 fully saturated rings. The molecule has 2 aromatic carbocycles. The number of aliphatic hydroxyl groups is 1. The zero-order valence-corrected chi connectivity index (χ0v) is 30.3. The number of aliphatic hydroxyl groups excluding tert-OH is 1. The van der Waals surface area contributed by atoms with E-state index in [1.54, 1.807) is 65.0 Å². The average molecular weight is 737 g/mol. The molecule has 12 nitrogen and oxygen atoms in total. The van der Waals surface area contributed by atoms with E-state index >= 15 is 0 Å². The van der Waals surface area contributed by atoms with Crippen LogP contribution in [0.3, 0.4) is 0 Å². The highest BCUT2D eigenvalue weighted by molar-refractivity contribution is 5.91. The number of rotatable bonds is 20. The highest BCUT2D eigenvalue weighted by atomic mass is 19.4. The van der Waals surface area contributed by atoms with E-state index in [2.05, 4.69) is 26.0 Å². The molecular weight excluding hydrogens is 685 g/mol.